The normalized spacial score (nSPS) is 16.7. The molecule has 0 atom stereocenters. The molecule has 2 N–H and O–H groups in total. The second kappa shape index (κ2) is 6.13. The van der Waals surface area contributed by atoms with Crippen LogP contribution in [0.25, 0.3) is 6.08 Å². The van der Waals surface area contributed by atoms with Gasteiger partial charge in [0.25, 0.3) is 11.8 Å². The number of ether oxygens (including phenoxy) is 1. The van der Waals surface area contributed by atoms with Gasteiger partial charge in [0, 0.05) is 6.54 Å². The predicted molar refractivity (Wildman–Crippen MR) is 78.1 cm³/mol. The van der Waals surface area contributed by atoms with Gasteiger partial charge in [0.2, 0.25) is 0 Å². The smallest absolute Gasteiger partial charge is 0.331 e. The van der Waals surface area contributed by atoms with E-state index in [0.29, 0.717) is 5.56 Å². The lowest BCUT2D eigenvalue weighted by atomic mass is 10.1. The molecule has 0 aromatic heterocycles. The van der Waals surface area contributed by atoms with E-state index < -0.39 is 17.8 Å². The molecule has 1 aromatic carbocycles. The average Bonchev–Trinajstić information content (AvgIpc) is 2.48. The Morgan fingerprint density at radius 2 is 2.09 bits per heavy atom. The Hall–Kier alpha value is -3.09. The maximum Gasteiger partial charge on any atom is 0.331 e. The number of phenolic OH excluding ortho intramolecular Hbond substituents is 1. The molecule has 0 spiro atoms. The number of urea groups is 1. The second-order valence-corrected chi connectivity index (χ2v) is 4.45. The molecule has 1 aliphatic heterocycles. The molecule has 7 nitrogen and oxygen atoms in total. The molecule has 1 saturated heterocycles. The lowest BCUT2D eigenvalue weighted by molar-refractivity contribution is -0.129. The number of amides is 4. The molecule has 2 rings (SSSR count). The van der Waals surface area contributed by atoms with Gasteiger partial charge in [0.05, 0.1) is 7.11 Å². The van der Waals surface area contributed by atoms with Crippen LogP contribution in [0, 0.1) is 0 Å². The molecule has 22 heavy (non-hydrogen) atoms. The first-order valence-corrected chi connectivity index (χ1v) is 6.34. The summed E-state index contributed by atoms with van der Waals surface area (Å²) in [6, 6.07) is 3.63. The number of methoxy groups -OCH3 is 1. The monoisotopic (exact) mass is 302 g/mol. The first kappa shape index (κ1) is 15.3. The van der Waals surface area contributed by atoms with E-state index in [-0.39, 0.29) is 23.6 Å². The summed E-state index contributed by atoms with van der Waals surface area (Å²) >= 11 is 0. The first-order chi connectivity index (χ1) is 10.5. The number of carbonyl (C=O) groups is 3. The molecule has 0 radical (unpaired) electrons. The Morgan fingerprint density at radius 3 is 2.68 bits per heavy atom. The van der Waals surface area contributed by atoms with Crippen LogP contribution < -0.4 is 10.1 Å². The minimum Gasteiger partial charge on any atom is -0.504 e. The Balaban J connectivity index is 2.38. The number of benzene rings is 1. The third-order valence-electron chi connectivity index (χ3n) is 3.01. The third kappa shape index (κ3) is 2.83. The maximum atomic E-state index is 12.2. The van der Waals surface area contributed by atoms with E-state index in [4.69, 9.17) is 4.74 Å². The number of phenols is 1. The van der Waals surface area contributed by atoms with Gasteiger partial charge in [-0.2, -0.15) is 0 Å². The van der Waals surface area contributed by atoms with E-state index in [1.165, 1.54) is 31.4 Å². The fourth-order valence-electron chi connectivity index (χ4n) is 1.95. The first-order valence-electron chi connectivity index (χ1n) is 6.34. The van der Waals surface area contributed by atoms with Crippen LogP contribution in [0.3, 0.4) is 0 Å². The van der Waals surface area contributed by atoms with E-state index in [0.717, 1.165) is 4.90 Å². The summed E-state index contributed by atoms with van der Waals surface area (Å²) in [6.45, 7) is 3.45. The number of imide groups is 2. The summed E-state index contributed by atoms with van der Waals surface area (Å²) in [6.07, 6.45) is 2.67. The quantitative estimate of drug-likeness (QED) is 0.492. The van der Waals surface area contributed by atoms with E-state index in [1.54, 1.807) is 6.07 Å². The largest absolute Gasteiger partial charge is 0.504 e. The molecule has 0 bridgehead atoms. The summed E-state index contributed by atoms with van der Waals surface area (Å²) in [5.41, 5.74) is 0.218. The lowest BCUT2D eigenvalue weighted by Gasteiger charge is -2.25. The van der Waals surface area contributed by atoms with Crippen LogP contribution in [0.1, 0.15) is 5.56 Å². The zero-order valence-corrected chi connectivity index (χ0v) is 11.8. The fourth-order valence-corrected chi connectivity index (χ4v) is 1.95. The number of hydrogen-bond donors (Lipinski definition) is 2. The number of rotatable bonds is 4. The fraction of sp³-hybridized carbons (Fsp3) is 0.133. The molecule has 0 aliphatic carbocycles. The molecular weight excluding hydrogens is 288 g/mol. The molecule has 1 aromatic rings. The third-order valence-corrected chi connectivity index (χ3v) is 3.01. The Morgan fingerprint density at radius 1 is 1.36 bits per heavy atom. The number of carbonyl (C=O) groups excluding carboxylic acids is 3. The summed E-state index contributed by atoms with van der Waals surface area (Å²) in [4.78, 5) is 36.5. The van der Waals surface area contributed by atoms with Gasteiger partial charge in [0.1, 0.15) is 5.57 Å². The van der Waals surface area contributed by atoms with Crippen molar-refractivity contribution in [1.29, 1.82) is 0 Å². The van der Waals surface area contributed by atoms with Crippen LogP contribution in [0.15, 0.2) is 36.4 Å². The minimum absolute atomic E-state index is 0.0108. The van der Waals surface area contributed by atoms with Crippen molar-refractivity contribution >= 4 is 23.9 Å². The number of nitrogens with zero attached hydrogens (tertiary/aromatic N) is 1. The maximum absolute atomic E-state index is 12.2. The SMILES string of the molecule is C=CCN1C(=O)NC(=O)/C(=C/c2ccc(OC)c(O)c2)C1=O. The van der Waals surface area contributed by atoms with Crippen LogP contribution in [-0.2, 0) is 9.59 Å². The van der Waals surface area contributed by atoms with Crippen LogP contribution in [0.5, 0.6) is 11.5 Å². The van der Waals surface area contributed by atoms with Gasteiger partial charge in [-0.05, 0) is 23.8 Å². The van der Waals surface area contributed by atoms with E-state index in [9.17, 15) is 19.5 Å². The molecule has 7 heteroatoms. The van der Waals surface area contributed by atoms with E-state index in [1.807, 2.05) is 0 Å². The van der Waals surface area contributed by atoms with Gasteiger partial charge >= 0.3 is 6.03 Å². The Labute approximate surface area is 126 Å². The molecule has 114 valence electrons. The summed E-state index contributed by atoms with van der Waals surface area (Å²) < 4.78 is 4.91. The highest BCUT2D eigenvalue weighted by atomic mass is 16.5. The van der Waals surface area contributed by atoms with Crippen molar-refractivity contribution in [3.8, 4) is 11.5 Å². The van der Waals surface area contributed by atoms with Gasteiger partial charge in [-0.25, -0.2) is 4.79 Å². The van der Waals surface area contributed by atoms with Crippen molar-refractivity contribution in [2.45, 2.75) is 0 Å². The number of barbiturate groups is 1. The second-order valence-electron chi connectivity index (χ2n) is 4.45. The molecule has 4 amide bonds. The predicted octanol–water partition coefficient (Wildman–Crippen LogP) is 1.05. The highest BCUT2D eigenvalue weighted by Gasteiger charge is 2.34. The highest BCUT2D eigenvalue weighted by molar-refractivity contribution is 6.31. The Kier molecular flexibility index (Phi) is 4.26. The van der Waals surface area contributed by atoms with E-state index >= 15 is 0 Å². The van der Waals surface area contributed by atoms with Gasteiger partial charge in [-0.3, -0.25) is 19.8 Å². The molecule has 0 saturated carbocycles. The lowest BCUT2D eigenvalue weighted by Crippen LogP contribution is -2.54. The van der Waals surface area contributed by atoms with Gasteiger partial charge in [0.15, 0.2) is 11.5 Å². The number of nitrogens with one attached hydrogen (secondary N) is 1. The van der Waals surface area contributed by atoms with Crippen molar-refractivity contribution < 1.29 is 24.2 Å². The summed E-state index contributed by atoms with van der Waals surface area (Å²) in [5, 5.41) is 11.8. The van der Waals surface area contributed by atoms with Crippen molar-refractivity contribution in [3.05, 3.63) is 42.0 Å². The summed E-state index contributed by atoms with van der Waals surface area (Å²) in [7, 11) is 1.41. The van der Waals surface area contributed by atoms with Crippen LogP contribution in [0.4, 0.5) is 4.79 Å². The van der Waals surface area contributed by atoms with Crippen molar-refractivity contribution in [2.24, 2.45) is 0 Å². The van der Waals surface area contributed by atoms with Crippen LogP contribution in [-0.4, -0.2) is 41.5 Å². The Bertz CT molecular complexity index is 693. The summed E-state index contributed by atoms with van der Waals surface area (Å²) in [5.74, 6) is -1.36. The molecular formula is C15H14N2O5. The van der Waals surface area contributed by atoms with Gasteiger partial charge in [-0.1, -0.05) is 12.1 Å². The van der Waals surface area contributed by atoms with Crippen molar-refractivity contribution in [2.75, 3.05) is 13.7 Å². The van der Waals surface area contributed by atoms with Crippen LogP contribution in [0.2, 0.25) is 0 Å². The van der Waals surface area contributed by atoms with Crippen LogP contribution >= 0.6 is 0 Å². The minimum atomic E-state index is -0.787. The number of aromatic hydroxyl groups is 1. The highest BCUT2D eigenvalue weighted by Crippen LogP contribution is 2.27. The van der Waals surface area contributed by atoms with Gasteiger partial charge in [-0.15, -0.1) is 6.58 Å². The standard InChI is InChI=1S/C15H14N2O5/c1-3-6-17-14(20)10(13(19)16-15(17)21)7-9-4-5-12(22-2)11(18)8-9/h3-5,7-8,18H,1,6H2,2H3,(H,16,19,21)/b10-7-. The molecule has 1 aliphatic rings. The molecule has 1 fully saturated rings. The number of hydrogen-bond acceptors (Lipinski definition) is 5. The molecule has 0 unspecified atom stereocenters. The van der Waals surface area contributed by atoms with Crippen molar-refractivity contribution in [1.82, 2.24) is 10.2 Å². The molecule has 1 heterocycles. The zero-order chi connectivity index (χ0) is 16.3. The average molecular weight is 302 g/mol. The van der Waals surface area contributed by atoms with Gasteiger partial charge < -0.3 is 9.84 Å². The van der Waals surface area contributed by atoms with E-state index in [2.05, 4.69) is 11.9 Å². The van der Waals surface area contributed by atoms with Crippen molar-refractivity contribution in [3.63, 3.8) is 0 Å². The zero-order valence-electron chi connectivity index (χ0n) is 11.8. The topological polar surface area (TPSA) is 95.9 Å².